The summed E-state index contributed by atoms with van der Waals surface area (Å²) < 4.78 is 6.25. The molecule has 0 fully saturated rings. The molecule has 0 saturated carbocycles. The summed E-state index contributed by atoms with van der Waals surface area (Å²) in [5.74, 6) is 0.710. The Kier molecular flexibility index (Phi) is 4.86. The minimum absolute atomic E-state index is 0.243. The molecule has 0 saturated heterocycles. The lowest BCUT2D eigenvalue weighted by molar-refractivity contribution is 0.417. The lowest BCUT2D eigenvalue weighted by Gasteiger charge is -2.15. The highest BCUT2D eigenvalue weighted by Gasteiger charge is 2.12. The Morgan fingerprint density at radius 1 is 1.30 bits per heavy atom. The summed E-state index contributed by atoms with van der Waals surface area (Å²) in [6, 6.07) is 11.1. The van der Waals surface area contributed by atoms with Gasteiger partial charge in [-0.25, -0.2) is 0 Å². The van der Waals surface area contributed by atoms with Gasteiger partial charge in [0.2, 0.25) is 0 Å². The predicted octanol–water partition coefficient (Wildman–Crippen LogP) is 4.49. The molecule has 0 unspecified atom stereocenters. The molecule has 3 N–H and O–H groups in total. The molecule has 0 radical (unpaired) electrons. The van der Waals surface area contributed by atoms with Gasteiger partial charge in [0.1, 0.15) is 10.7 Å². The van der Waals surface area contributed by atoms with Crippen molar-refractivity contribution in [3.8, 4) is 5.75 Å². The Morgan fingerprint density at radius 2 is 2.05 bits per heavy atom. The number of nitrogens with one attached hydrogen (secondary N) is 1. The monoisotopic (exact) mass is 370 g/mol. The molecular formula is C14H12BrClN2OS. The van der Waals surface area contributed by atoms with Gasteiger partial charge in [-0.3, -0.25) is 0 Å². The number of hydrogen-bond acceptors (Lipinski definition) is 3. The molecule has 0 aliphatic carbocycles. The number of methoxy groups -OCH3 is 1. The van der Waals surface area contributed by atoms with Crippen molar-refractivity contribution in [3.05, 3.63) is 51.5 Å². The van der Waals surface area contributed by atoms with Gasteiger partial charge >= 0.3 is 0 Å². The minimum Gasteiger partial charge on any atom is -0.495 e. The van der Waals surface area contributed by atoms with Crippen molar-refractivity contribution in [2.75, 3.05) is 12.4 Å². The zero-order chi connectivity index (χ0) is 14.7. The highest BCUT2D eigenvalue weighted by Crippen LogP contribution is 2.33. The van der Waals surface area contributed by atoms with Crippen molar-refractivity contribution in [1.82, 2.24) is 0 Å². The van der Waals surface area contributed by atoms with Gasteiger partial charge in [-0.2, -0.15) is 0 Å². The first-order chi connectivity index (χ1) is 9.52. The van der Waals surface area contributed by atoms with E-state index in [1.807, 2.05) is 30.3 Å². The number of anilines is 2. The van der Waals surface area contributed by atoms with E-state index in [-0.39, 0.29) is 4.99 Å². The standard InChI is InChI=1S/C14H12BrClN2OS/c1-19-12-6-5-8(15)7-11(12)18-10-4-2-3-9(16)13(10)14(17)20/h2-7,18H,1H3,(H2,17,20). The second-order valence-electron chi connectivity index (χ2n) is 4.00. The average molecular weight is 372 g/mol. The summed E-state index contributed by atoms with van der Waals surface area (Å²) in [5, 5.41) is 3.76. The largest absolute Gasteiger partial charge is 0.495 e. The molecule has 2 rings (SSSR count). The van der Waals surface area contributed by atoms with E-state index in [0.717, 1.165) is 15.8 Å². The molecule has 6 heteroatoms. The van der Waals surface area contributed by atoms with Crippen molar-refractivity contribution in [3.63, 3.8) is 0 Å². The maximum atomic E-state index is 6.15. The van der Waals surface area contributed by atoms with Crippen LogP contribution in [0.5, 0.6) is 5.75 Å². The summed E-state index contributed by atoms with van der Waals surface area (Å²) >= 11 is 14.6. The van der Waals surface area contributed by atoms with Crippen molar-refractivity contribution < 1.29 is 4.74 Å². The first-order valence-electron chi connectivity index (χ1n) is 5.72. The molecule has 104 valence electrons. The second-order valence-corrected chi connectivity index (χ2v) is 5.76. The maximum Gasteiger partial charge on any atom is 0.142 e. The van der Waals surface area contributed by atoms with Gasteiger partial charge in [-0.15, -0.1) is 0 Å². The van der Waals surface area contributed by atoms with E-state index in [1.54, 1.807) is 13.2 Å². The summed E-state index contributed by atoms with van der Waals surface area (Å²) in [6.07, 6.45) is 0. The molecule has 0 bridgehead atoms. The van der Waals surface area contributed by atoms with Crippen LogP contribution in [0.1, 0.15) is 5.56 Å². The van der Waals surface area contributed by atoms with Gasteiger partial charge in [0.25, 0.3) is 0 Å². The van der Waals surface area contributed by atoms with Crippen LogP contribution < -0.4 is 15.8 Å². The Morgan fingerprint density at radius 3 is 2.70 bits per heavy atom. The van der Waals surface area contributed by atoms with Gasteiger partial charge in [-0.1, -0.05) is 45.8 Å². The fraction of sp³-hybridized carbons (Fsp3) is 0.0714. The highest BCUT2D eigenvalue weighted by atomic mass is 79.9. The van der Waals surface area contributed by atoms with Crippen molar-refractivity contribution in [2.24, 2.45) is 5.73 Å². The fourth-order valence-electron chi connectivity index (χ4n) is 1.80. The topological polar surface area (TPSA) is 47.3 Å². The molecule has 0 heterocycles. The number of hydrogen-bond donors (Lipinski definition) is 2. The fourth-order valence-corrected chi connectivity index (χ4v) is 2.72. The Hall–Kier alpha value is -1.30. The van der Waals surface area contributed by atoms with E-state index in [4.69, 9.17) is 34.3 Å². The van der Waals surface area contributed by atoms with Crippen LogP contribution in [0.4, 0.5) is 11.4 Å². The lowest BCUT2D eigenvalue weighted by atomic mass is 10.1. The molecule has 2 aromatic carbocycles. The van der Waals surface area contributed by atoms with Crippen molar-refractivity contribution in [2.45, 2.75) is 0 Å². The van der Waals surface area contributed by atoms with E-state index >= 15 is 0 Å². The number of thiocarbonyl (C=S) groups is 1. The van der Waals surface area contributed by atoms with Crippen LogP contribution in [-0.4, -0.2) is 12.1 Å². The highest BCUT2D eigenvalue weighted by molar-refractivity contribution is 9.10. The Labute approximate surface area is 136 Å². The Bertz CT molecular complexity index is 664. The summed E-state index contributed by atoms with van der Waals surface area (Å²) in [7, 11) is 1.61. The third kappa shape index (κ3) is 3.23. The predicted molar refractivity (Wildman–Crippen MR) is 91.3 cm³/mol. The summed E-state index contributed by atoms with van der Waals surface area (Å²) in [4.78, 5) is 0.243. The smallest absolute Gasteiger partial charge is 0.142 e. The molecule has 0 atom stereocenters. The molecular weight excluding hydrogens is 360 g/mol. The van der Waals surface area contributed by atoms with Crippen LogP contribution in [0.15, 0.2) is 40.9 Å². The zero-order valence-electron chi connectivity index (χ0n) is 10.6. The van der Waals surface area contributed by atoms with Gasteiger partial charge in [0, 0.05) is 4.47 Å². The molecule has 0 aromatic heterocycles. The molecule has 0 aliphatic rings. The van der Waals surface area contributed by atoms with E-state index in [0.29, 0.717) is 16.3 Å². The summed E-state index contributed by atoms with van der Waals surface area (Å²) in [6.45, 7) is 0. The van der Waals surface area contributed by atoms with Gasteiger partial charge in [-0.05, 0) is 30.3 Å². The quantitative estimate of drug-likeness (QED) is 0.777. The van der Waals surface area contributed by atoms with Crippen molar-refractivity contribution >= 4 is 56.1 Å². The third-order valence-corrected chi connectivity index (χ3v) is 3.70. The molecule has 0 spiro atoms. The third-order valence-electron chi connectivity index (χ3n) is 2.69. The number of nitrogens with two attached hydrogens (primary N) is 1. The first kappa shape index (κ1) is 15.1. The molecule has 0 amide bonds. The van der Waals surface area contributed by atoms with Crippen LogP contribution in [0.2, 0.25) is 5.02 Å². The number of rotatable bonds is 4. The molecule has 0 aliphatic heterocycles. The van der Waals surface area contributed by atoms with Gasteiger partial charge in [0.15, 0.2) is 0 Å². The normalized spacial score (nSPS) is 10.2. The van der Waals surface area contributed by atoms with E-state index in [1.165, 1.54) is 0 Å². The number of halogens is 2. The number of ether oxygens (including phenoxy) is 1. The zero-order valence-corrected chi connectivity index (χ0v) is 13.8. The molecule has 20 heavy (non-hydrogen) atoms. The van der Waals surface area contributed by atoms with Crippen LogP contribution in [0, 0.1) is 0 Å². The Balaban J connectivity index is 2.48. The van der Waals surface area contributed by atoms with Crippen LogP contribution >= 0.6 is 39.7 Å². The molecule has 2 aromatic rings. The minimum atomic E-state index is 0.243. The van der Waals surface area contributed by atoms with E-state index in [2.05, 4.69) is 21.2 Å². The first-order valence-corrected chi connectivity index (χ1v) is 7.29. The van der Waals surface area contributed by atoms with Gasteiger partial charge in [0.05, 0.1) is 29.1 Å². The van der Waals surface area contributed by atoms with Crippen LogP contribution in [0.3, 0.4) is 0 Å². The molecule has 3 nitrogen and oxygen atoms in total. The lowest BCUT2D eigenvalue weighted by Crippen LogP contribution is -2.12. The van der Waals surface area contributed by atoms with Gasteiger partial charge < -0.3 is 15.8 Å². The van der Waals surface area contributed by atoms with Crippen LogP contribution in [0.25, 0.3) is 0 Å². The van der Waals surface area contributed by atoms with E-state index < -0.39 is 0 Å². The maximum absolute atomic E-state index is 6.15. The number of benzene rings is 2. The summed E-state index contributed by atoms with van der Waals surface area (Å²) in [5.41, 5.74) is 7.88. The van der Waals surface area contributed by atoms with E-state index in [9.17, 15) is 0 Å². The van der Waals surface area contributed by atoms with Crippen molar-refractivity contribution in [1.29, 1.82) is 0 Å². The van der Waals surface area contributed by atoms with Crippen LogP contribution in [-0.2, 0) is 0 Å². The second kappa shape index (κ2) is 6.43. The SMILES string of the molecule is COc1ccc(Br)cc1Nc1cccc(Cl)c1C(N)=S. The average Bonchev–Trinajstić information content (AvgIpc) is 2.38.